The topological polar surface area (TPSA) is 146 Å². The van der Waals surface area contributed by atoms with Gasteiger partial charge >= 0.3 is 6.18 Å². The second kappa shape index (κ2) is 7.73. The molecule has 0 saturated carbocycles. The molecule has 1 aliphatic rings. The molecule has 154 valence electrons. The zero-order chi connectivity index (χ0) is 21.2. The monoisotopic (exact) mass is 412 g/mol. The van der Waals surface area contributed by atoms with Gasteiger partial charge in [-0.15, -0.1) is 5.10 Å². The van der Waals surface area contributed by atoms with Crippen LogP contribution in [0.4, 0.5) is 13.2 Å². The number of aryl methyl sites for hydroxylation is 1. The van der Waals surface area contributed by atoms with Gasteiger partial charge in [-0.05, 0) is 0 Å². The number of aromatic nitrogens is 7. The average Bonchev–Trinajstić information content (AvgIpc) is 3.40. The number of halogens is 3. The molecule has 0 bridgehead atoms. The lowest BCUT2D eigenvalue weighted by molar-refractivity contribution is -0.144. The number of rotatable bonds is 2. The zero-order valence-corrected chi connectivity index (χ0v) is 14.9. The number of fused-ring (bicyclic) bond motifs is 1. The molecule has 4 rings (SSSR count). The van der Waals surface area contributed by atoms with E-state index in [2.05, 4.69) is 25.1 Å². The molecular weight excluding hydrogens is 397 g/mol. The molecule has 0 aromatic carbocycles. The summed E-state index contributed by atoms with van der Waals surface area (Å²) in [4.78, 5) is 32.9. The van der Waals surface area contributed by atoms with Crippen LogP contribution in [-0.2, 0) is 24.6 Å². The molecule has 0 fully saturated rings. The van der Waals surface area contributed by atoms with Gasteiger partial charge in [0, 0.05) is 31.3 Å². The lowest BCUT2D eigenvalue weighted by atomic mass is 9.93. The molecule has 3 aromatic rings. The Morgan fingerprint density at radius 2 is 2.14 bits per heavy atom. The first-order valence-corrected chi connectivity index (χ1v) is 8.12. The van der Waals surface area contributed by atoms with E-state index in [0.717, 1.165) is 11.3 Å². The number of amides is 1. The lowest BCUT2D eigenvalue weighted by Gasteiger charge is -2.30. The minimum absolute atomic E-state index is 0.181. The predicted molar refractivity (Wildman–Crippen MR) is 88.5 cm³/mol. The van der Waals surface area contributed by atoms with Gasteiger partial charge in [0.2, 0.25) is 11.6 Å². The Kier molecular flexibility index (Phi) is 5.34. The quantitative estimate of drug-likeness (QED) is 0.527. The summed E-state index contributed by atoms with van der Waals surface area (Å²) in [7, 11) is 1.77. The van der Waals surface area contributed by atoms with Gasteiger partial charge in [0.05, 0.1) is 30.5 Å². The number of aromatic amines is 2. The SMILES string of the molecule is Cn1cc(C2CN(C(=O)c3n[nH]c(C(F)(F)F)n3)Cc3[nH]cnc32)cn1.O=CO. The van der Waals surface area contributed by atoms with Crippen LogP contribution in [0.15, 0.2) is 18.7 Å². The Bertz CT molecular complexity index is 1010. The standard InChI is InChI=1S/C14H13F3N8O.CH2O2/c1-24-3-7(2-20-24)8-4-25(5-9-10(8)19-6-18-9)12(26)11-21-13(23-22-11)14(15,16)17;2-1-3/h2-3,6,8H,4-5H2,1H3,(H,18,19)(H,21,22,23);1H,(H,2,3). The van der Waals surface area contributed by atoms with Crippen LogP contribution in [0.2, 0.25) is 0 Å². The van der Waals surface area contributed by atoms with Crippen molar-refractivity contribution in [3.05, 3.63) is 47.3 Å². The summed E-state index contributed by atoms with van der Waals surface area (Å²) < 4.78 is 39.6. The van der Waals surface area contributed by atoms with E-state index in [1.807, 2.05) is 6.20 Å². The van der Waals surface area contributed by atoms with Crippen LogP contribution in [-0.4, -0.2) is 63.9 Å². The van der Waals surface area contributed by atoms with E-state index in [0.29, 0.717) is 5.69 Å². The third-order valence-corrected chi connectivity index (χ3v) is 4.19. The number of carbonyl (C=O) groups excluding carboxylic acids is 1. The Morgan fingerprint density at radius 1 is 1.41 bits per heavy atom. The molecule has 11 nitrogen and oxygen atoms in total. The highest BCUT2D eigenvalue weighted by molar-refractivity contribution is 5.90. The summed E-state index contributed by atoms with van der Waals surface area (Å²) in [6, 6.07) is 0. The molecular formula is C15H15F3N8O3. The fourth-order valence-corrected chi connectivity index (χ4v) is 2.98. The first kappa shape index (κ1) is 20.0. The third-order valence-electron chi connectivity index (χ3n) is 4.19. The first-order valence-electron chi connectivity index (χ1n) is 8.12. The molecule has 1 atom stereocenters. The molecule has 1 amide bonds. The van der Waals surface area contributed by atoms with Gasteiger partial charge in [-0.25, -0.2) is 4.98 Å². The van der Waals surface area contributed by atoms with E-state index in [9.17, 15) is 18.0 Å². The van der Waals surface area contributed by atoms with Crippen LogP contribution in [0.5, 0.6) is 0 Å². The number of hydrogen-bond donors (Lipinski definition) is 3. The van der Waals surface area contributed by atoms with E-state index in [1.165, 1.54) is 11.2 Å². The summed E-state index contributed by atoms with van der Waals surface area (Å²) in [6.07, 6.45) is 0.316. The summed E-state index contributed by atoms with van der Waals surface area (Å²) in [5, 5.41) is 16.2. The largest absolute Gasteiger partial charge is 0.483 e. The maximum Gasteiger partial charge on any atom is 0.451 e. The molecule has 1 aliphatic heterocycles. The summed E-state index contributed by atoms with van der Waals surface area (Å²) in [5.74, 6) is -2.76. The number of nitrogens with zero attached hydrogens (tertiary/aromatic N) is 6. The van der Waals surface area contributed by atoms with Crippen molar-refractivity contribution in [3.63, 3.8) is 0 Å². The number of nitrogens with one attached hydrogen (secondary N) is 2. The fourth-order valence-electron chi connectivity index (χ4n) is 2.98. The first-order chi connectivity index (χ1) is 13.7. The van der Waals surface area contributed by atoms with Crippen molar-refractivity contribution in [2.75, 3.05) is 6.54 Å². The van der Waals surface area contributed by atoms with Crippen LogP contribution in [0.3, 0.4) is 0 Å². The van der Waals surface area contributed by atoms with Gasteiger partial charge in [-0.2, -0.15) is 23.3 Å². The van der Waals surface area contributed by atoms with E-state index in [1.54, 1.807) is 23.0 Å². The number of carboxylic acid groups (broad SMARTS) is 1. The predicted octanol–water partition coefficient (Wildman–Crippen LogP) is 0.769. The van der Waals surface area contributed by atoms with Crippen LogP contribution >= 0.6 is 0 Å². The van der Waals surface area contributed by atoms with Crippen molar-refractivity contribution in [1.82, 2.24) is 39.8 Å². The van der Waals surface area contributed by atoms with E-state index in [4.69, 9.17) is 9.90 Å². The second-order valence-electron chi connectivity index (χ2n) is 6.06. The maximum atomic E-state index is 12.7. The van der Waals surface area contributed by atoms with E-state index >= 15 is 0 Å². The summed E-state index contributed by atoms with van der Waals surface area (Å²) in [6.45, 7) is 0.166. The molecule has 0 aliphatic carbocycles. The van der Waals surface area contributed by atoms with Crippen molar-refractivity contribution < 1.29 is 27.9 Å². The Balaban J connectivity index is 0.000000755. The highest BCUT2D eigenvalue weighted by Gasteiger charge is 2.38. The molecule has 4 heterocycles. The normalized spacial score (nSPS) is 16.0. The Morgan fingerprint density at radius 3 is 2.72 bits per heavy atom. The molecule has 29 heavy (non-hydrogen) atoms. The maximum absolute atomic E-state index is 12.7. The summed E-state index contributed by atoms with van der Waals surface area (Å²) >= 11 is 0. The lowest BCUT2D eigenvalue weighted by Crippen LogP contribution is -2.39. The van der Waals surface area contributed by atoms with Crippen LogP contribution < -0.4 is 0 Å². The van der Waals surface area contributed by atoms with Gasteiger partial charge in [0.15, 0.2) is 0 Å². The highest BCUT2D eigenvalue weighted by Crippen LogP contribution is 2.32. The molecule has 0 radical (unpaired) electrons. The number of imidazole rings is 1. The van der Waals surface area contributed by atoms with Crippen molar-refractivity contribution in [1.29, 1.82) is 0 Å². The minimum atomic E-state index is -4.69. The Labute approximate surface area is 160 Å². The average molecular weight is 412 g/mol. The Hall–Kier alpha value is -3.71. The zero-order valence-electron chi connectivity index (χ0n) is 14.9. The minimum Gasteiger partial charge on any atom is -0.483 e. The van der Waals surface area contributed by atoms with Crippen LogP contribution in [0.1, 0.15) is 39.3 Å². The third kappa shape index (κ3) is 4.09. The molecule has 3 aromatic heterocycles. The van der Waals surface area contributed by atoms with Crippen molar-refractivity contribution in [2.45, 2.75) is 18.6 Å². The van der Waals surface area contributed by atoms with Gasteiger partial charge < -0.3 is 15.0 Å². The van der Waals surface area contributed by atoms with Crippen LogP contribution in [0.25, 0.3) is 0 Å². The molecule has 0 saturated heterocycles. The van der Waals surface area contributed by atoms with Gasteiger partial charge in [0.1, 0.15) is 0 Å². The highest BCUT2D eigenvalue weighted by atomic mass is 19.4. The van der Waals surface area contributed by atoms with Crippen molar-refractivity contribution >= 4 is 12.4 Å². The fraction of sp³-hybridized carbons (Fsp3) is 0.333. The van der Waals surface area contributed by atoms with Gasteiger partial charge in [-0.1, -0.05) is 0 Å². The van der Waals surface area contributed by atoms with Gasteiger partial charge in [0.25, 0.3) is 12.4 Å². The van der Waals surface area contributed by atoms with Crippen molar-refractivity contribution in [2.24, 2.45) is 7.05 Å². The summed E-state index contributed by atoms with van der Waals surface area (Å²) in [5.41, 5.74) is 2.35. The van der Waals surface area contributed by atoms with E-state index in [-0.39, 0.29) is 25.5 Å². The van der Waals surface area contributed by atoms with Crippen molar-refractivity contribution in [3.8, 4) is 0 Å². The molecule has 3 N–H and O–H groups in total. The van der Waals surface area contributed by atoms with E-state index < -0.39 is 23.7 Å². The number of hydrogen-bond acceptors (Lipinski definition) is 6. The van der Waals surface area contributed by atoms with Crippen LogP contribution in [0, 0.1) is 0 Å². The number of carbonyl (C=O) groups is 2. The second-order valence-corrected chi connectivity index (χ2v) is 6.06. The molecule has 1 unspecified atom stereocenters. The number of H-pyrrole nitrogens is 2. The smallest absolute Gasteiger partial charge is 0.451 e. The number of alkyl halides is 3. The molecule has 14 heteroatoms. The molecule has 0 spiro atoms. The van der Waals surface area contributed by atoms with Gasteiger partial charge in [-0.3, -0.25) is 19.4 Å².